The Hall–Kier alpha value is 1.36. The zero-order valence-electron chi connectivity index (χ0n) is 13.9. The number of rotatable bonds is 8. The van der Waals surface area contributed by atoms with Crippen LogP contribution in [-0.4, -0.2) is 63.1 Å². The molecule has 0 unspecified atom stereocenters. The number of halogens is 1. The van der Waals surface area contributed by atoms with Gasteiger partial charge in [0.05, 0.1) is 46.7 Å². The van der Waals surface area contributed by atoms with Gasteiger partial charge < -0.3 is 37.5 Å². The molecule has 4 nitrogen and oxygen atoms in total. The topological polar surface area (TPSA) is 35.5 Å². The van der Waals surface area contributed by atoms with Crippen LogP contribution in [0, 0.1) is 0 Å². The zero-order chi connectivity index (χ0) is 15.5. The summed E-state index contributed by atoms with van der Waals surface area (Å²) in [5.41, 5.74) is 0. The fraction of sp³-hybridized carbons (Fsp3) is 0.923. The van der Waals surface area contributed by atoms with Crippen LogP contribution in [0.25, 0.3) is 0 Å². The standard InChI is InChI=1S/C9H23NO3PS.C4H7P.HI/c1-6-12-14(11,13-7-2)15-9-8-10(3,4)5;1-2-4-5-3-1;/h6-9H2,1-5H3;3H,1-2,4H2;1H/q+1;;/p-1. The van der Waals surface area contributed by atoms with Crippen LogP contribution in [0.4, 0.5) is 0 Å². The van der Waals surface area contributed by atoms with Crippen molar-refractivity contribution in [3.8, 4) is 0 Å². The molecule has 0 saturated heterocycles. The lowest BCUT2D eigenvalue weighted by molar-refractivity contribution is -0.867. The Kier molecular flexibility index (Phi) is 16.1. The van der Waals surface area contributed by atoms with E-state index in [9.17, 15) is 4.57 Å². The van der Waals surface area contributed by atoms with Crippen molar-refractivity contribution in [2.75, 3.05) is 52.8 Å². The molecule has 1 aliphatic heterocycles. The first-order chi connectivity index (χ1) is 9.33. The van der Waals surface area contributed by atoms with E-state index in [0.29, 0.717) is 13.2 Å². The van der Waals surface area contributed by atoms with Crippen LogP contribution in [0.15, 0.2) is 0 Å². The van der Waals surface area contributed by atoms with Crippen LogP contribution in [0.5, 0.6) is 0 Å². The summed E-state index contributed by atoms with van der Waals surface area (Å²) in [5.74, 6) is 3.11. The van der Waals surface area contributed by atoms with Crippen LogP contribution < -0.4 is 24.0 Å². The summed E-state index contributed by atoms with van der Waals surface area (Å²) < 4.78 is 23.2. The minimum absolute atomic E-state index is 0. The first-order valence-corrected chi connectivity index (χ1v) is 11.4. The molecule has 1 rings (SSSR count). The largest absolute Gasteiger partial charge is 1.00 e. The molecule has 0 fully saturated rings. The van der Waals surface area contributed by atoms with Gasteiger partial charge >= 0.3 is 6.80 Å². The lowest BCUT2D eigenvalue weighted by atomic mass is 10.4. The molecule has 0 aromatic carbocycles. The third-order valence-corrected chi connectivity index (χ3v) is 7.39. The minimum atomic E-state index is -2.90. The van der Waals surface area contributed by atoms with Gasteiger partial charge in [0.1, 0.15) is 0 Å². The molecule has 0 aliphatic carbocycles. The molecule has 0 spiro atoms. The summed E-state index contributed by atoms with van der Waals surface area (Å²) in [6, 6.07) is 0. The molecule has 0 aromatic rings. The lowest BCUT2D eigenvalue weighted by Crippen LogP contribution is -3.00. The Labute approximate surface area is 153 Å². The van der Waals surface area contributed by atoms with Crippen molar-refractivity contribution in [1.29, 1.82) is 0 Å². The summed E-state index contributed by atoms with van der Waals surface area (Å²) in [5, 5.41) is 0. The van der Waals surface area contributed by atoms with Gasteiger partial charge in [0.2, 0.25) is 0 Å². The fourth-order valence-electron chi connectivity index (χ4n) is 1.31. The maximum absolute atomic E-state index is 12.0. The van der Waals surface area contributed by atoms with E-state index in [1.807, 2.05) is 13.8 Å². The van der Waals surface area contributed by atoms with Crippen molar-refractivity contribution in [1.82, 2.24) is 0 Å². The highest BCUT2D eigenvalue weighted by Gasteiger charge is 2.25. The third kappa shape index (κ3) is 16.0. The van der Waals surface area contributed by atoms with Crippen molar-refractivity contribution in [2.24, 2.45) is 0 Å². The summed E-state index contributed by atoms with van der Waals surface area (Å²) in [4.78, 5) is 0. The van der Waals surface area contributed by atoms with E-state index in [4.69, 9.17) is 9.05 Å². The molecule has 21 heavy (non-hydrogen) atoms. The Balaban J connectivity index is 0. The van der Waals surface area contributed by atoms with Crippen LogP contribution in [0.3, 0.4) is 0 Å². The minimum Gasteiger partial charge on any atom is -1.00 e. The summed E-state index contributed by atoms with van der Waals surface area (Å²) >= 11 is 1.30. The summed E-state index contributed by atoms with van der Waals surface area (Å²) in [7, 11) is 7.88. The van der Waals surface area contributed by atoms with Gasteiger partial charge in [0.25, 0.3) is 0 Å². The fourth-order valence-corrected chi connectivity index (χ4v) is 5.93. The van der Waals surface area contributed by atoms with Crippen LogP contribution in [-0.2, 0) is 13.6 Å². The molecule has 128 valence electrons. The predicted molar refractivity (Wildman–Crippen MR) is 93.3 cm³/mol. The van der Waals surface area contributed by atoms with Gasteiger partial charge in [-0.2, -0.15) is 0 Å². The summed E-state index contributed by atoms with van der Waals surface area (Å²) in [6.07, 6.45) is 4.21. The smallest absolute Gasteiger partial charge is 0.389 e. The van der Waals surface area contributed by atoms with Crippen LogP contribution >= 0.6 is 26.4 Å². The summed E-state index contributed by atoms with van der Waals surface area (Å²) in [6.45, 7) is 2.54. The molecule has 0 aromatic heterocycles. The number of hydrogen-bond acceptors (Lipinski definition) is 4. The molecule has 0 radical (unpaired) electrons. The van der Waals surface area contributed by atoms with Gasteiger partial charge in [0.15, 0.2) is 0 Å². The molecule has 1 heterocycles. The van der Waals surface area contributed by atoms with Crippen molar-refractivity contribution in [3.63, 3.8) is 0 Å². The Morgan fingerprint density at radius 1 is 1.24 bits per heavy atom. The van der Waals surface area contributed by atoms with E-state index in [1.165, 1.54) is 30.4 Å². The third-order valence-electron chi connectivity index (χ3n) is 2.34. The highest BCUT2D eigenvalue weighted by atomic mass is 127. The molecule has 0 bridgehead atoms. The predicted octanol–water partition coefficient (Wildman–Crippen LogP) is 1.14. The second-order valence-electron chi connectivity index (χ2n) is 5.36. The van der Waals surface area contributed by atoms with Gasteiger partial charge in [-0.1, -0.05) is 5.80 Å². The highest BCUT2D eigenvalue weighted by molar-refractivity contribution is 8.55. The maximum Gasteiger partial charge on any atom is 0.389 e. The monoisotopic (exact) mass is 469 g/mol. The molecular weight excluding hydrogens is 439 g/mol. The van der Waals surface area contributed by atoms with E-state index in [-0.39, 0.29) is 24.0 Å². The average Bonchev–Trinajstić information content (AvgIpc) is 2.85. The Morgan fingerprint density at radius 2 is 1.81 bits per heavy atom. The van der Waals surface area contributed by atoms with E-state index < -0.39 is 6.80 Å². The van der Waals surface area contributed by atoms with Crippen LogP contribution in [0.1, 0.15) is 26.7 Å². The molecule has 1 aliphatic rings. The van der Waals surface area contributed by atoms with E-state index in [0.717, 1.165) is 16.8 Å². The molecular formula is C13H30INO3P2S. The zero-order valence-corrected chi connectivity index (χ0v) is 18.6. The van der Waals surface area contributed by atoms with E-state index >= 15 is 0 Å². The van der Waals surface area contributed by atoms with Gasteiger partial charge in [-0.15, -0.1) is 8.20 Å². The second-order valence-corrected chi connectivity index (χ2v) is 10.7. The number of quaternary nitrogens is 1. The molecule has 0 N–H and O–H groups in total. The van der Waals surface area contributed by atoms with Crippen molar-refractivity contribution in [2.45, 2.75) is 26.7 Å². The molecule has 0 saturated carbocycles. The van der Waals surface area contributed by atoms with Crippen LogP contribution in [0.2, 0.25) is 0 Å². The lowest BCUT2D eigenvalue weighted by Gasteiger charge is -2.24. The molecule has 0 atom stereocenters. The average molecular weight is 469 g/mol. The molecule has 8 heteroatoms. The molecule has 0 amide bonds. The normalized spacial score (nSPS) is 15.1. The maximum atomic E-state index is 12.0. The number of hydrogen-bond donors (Lipinski definition) is 0. The van der Waals surface area contributed by atoms with Gasteiger partial charge in [0, 0.05) is 0 Å². The highest BCUT2D eigenvalue weighted by Crippen LogP contribution is 2.60. The SMILES string of the molecule is C1=PCCC1.CCOP(=O)(OCC)SCC[N+](C)(C)C.[I-]. The van der Waals surface area contributed by atoms with Crippen molar-refractivity contribution in [3.05, 3.63) is 0 Å². The quantitative estimate of drug-likeness (QED) is 0.304. The first-order valence-electron chi connectivity index (χ1n) is 7.15. The van der Waals surface area contributed by atoms with E-state index in [1.54, 1.807) is 8.20 Å². The van der Waals surface area contributed by atoms with Gasteiger partial charge in [-0.05, 0) is 44.2 Å². The van der Waals surface area contributed by atoms with E-state index in [2.05, 4.69) is 26.9 Å². The number of nitrogens with zero attached hydrogens (tertiary/aromatic N) is 1. The Morgan fingerprint density at radius 3 is 2.10 bits per heavy atom. The van der Waals surface area contributed by atoms with Crippen molar-refractivity contribution < 1.29 is 42.1 Å². The second kappa shape index (κ2) is 13.8. The first kappa shape index (κ1) is 24.6. The van der Waals surface area contributed by atoms with Gasteiger partial charge in [-0.3, -0.25) is 0 Å². The van der Waals surface area contributed by atoms with Crippen molar-refractivity contribution >= 4 is 32.2 Å². The van der Waals surface area contributed by atoms with Gasteiger partial charge in [-0.25, -0.2) is 4.57 Å². The Bertz CT molecular complexity index is 309.